The molecule has 0 saturated carbocycles. The molecule has 0 unspecified atom stereocenters. The van der Waals surface area contributed by atoms with E-state index in [9.17, 15) is 10.1 Å². The number of rotatable bonds is 3. The Morgan fingerprint density at radius 2 is 2.29 bits per heavy atom. The van der Waals surface area contributed by atoms with E-state index < -0.39 is 4.92 Å². The van der Waals surface area contributed by atoms with E-state index in [1.165, 1.54) is 19.5 Å². The van der Waals surface area contributed by atoms with Crippen LogP contribution in [0.25, 0.3) is 11.4 Å². The van der Waals surface area contributed by atoms with Crippen LogP contribution in [0.3, 0.4) is 0 Å². The lowest BCUT2D eigenvalue weighted by molar-refractivity contribution is -0.385. The quantitative estimate of drug-likeness (QED) is 0.692. The van der Waals surface area contributed by atoms with Crippen LogP contribution >= 0.6 is 15.9 Å². The number of ether oxygens (including phenoxy) is 1. The predicted octanol–water partition coefficient (Wildman–Crippen LogP) is 2.15. The second-order valence-electron chi connectivity index (χ2n) is 3.09. The number of nitrogens with zero attached hydrogens (tertiary/aromatic N) is 3. The molecule has 2 rings (SSSR count). The van der Waals surface area contributed by atoms with Crippen LogP contribution in [0, 0.1) is 10.1 Å². The molecule has 0 fully saturated rings. The first-order chi connectivity index (χ1) is 8.13. The maximum atomic E-state index is 10.9. The van der Waals surface area contributed by atoms with Crippen molar-refractivity contribution in [2.45, 2.75) is 0 Å². The van der Waals surface area contributed by atoms with E-state index in [4.69, 9.17) is 4.74 Å². The Morgan fingerprint density at radius 1 is 1.53 bits per heavy atom. The molecule has 88 valence electrons. The number of halogens is 1. The molecule has 0 saturated heterocycles. The van der Waals surface area contributed by atoms with E-state index in [-0.39, 0.29) is 11.4 Å². The van der Waals surface area contributed by atoms with Crippen molar-refractivity contribution in [3.63, 3.8) is 0 Å². The first-order valence-electron chi connectivity index (χ1n) is 4.51. The molecule has 0 amide bonds. The molecule has 0 radical (unpaired) electrons. The van der Waals surface area contributed by atoms with Gasteiger partial charge in [0.25, 0.3) is 0 Å². The maximum absolute atomic E-state index is 10.9. The Morgan fingerprint density at radius 3 is 2.82 bits per heavy atom. The molecule has 7 nitrogen and oxygen atoms in total. The van der Waals surface area contributed by atoms with Gasteiger partial charge in [-0.25, -0.2) is 4.98 Å². The lowest BCUT2D eigenvalue weighted by Gasteiger charge is -2.06. The molecule has 8 heteroatoms. The number of aromatic amines is 1. The van der Waals surface area contributed by atoms with E-state index in [0.29, 0.717) is 15.9 Å². The van der Waals surface area contributed by atoms with Gasteiger partial charge in [0.15, 0.2) is 5.82 Å². The average Bonchev–Trinajstić information content (AvgIpc) is 2.81. The van der Waals surface area contributed by atoms with Gasteiger partial charge < -0.3 is 4.74 Å². The maximum Gasteiger partial charge on any atom is 0.312 e. The predicted molar refractivity (Wildman–Crippen MR) is 62.7 cm³/mol. The topological polar surface area (TPSA) is 93.9 Å². The summed E-state index contributed by atoms with van der Waals surface area (Å²) in [4.78, 5) is 14.3. The molecule has 1 aromatic heterocycles. The van der Waals surface area contributed by atoms with Gasteiger partial charge in [0.1, 0.15) is 6.33 Å². The molecule has 0 atom stereocenters. The molecule has 0 bridgehead atoms. The third-order valence-corrected chi connectivity index (χ3v) is 2.55. The van der Waals surface area contributed by atoms with Crippen molar-refractivity contribution in [1.82, 2.24) is 15.2 Å². The third kappa shape index (κ3) is 2.11. The molecule has 0 spiro atoms. The number of H-pyrrole nitrogens is 1. The van der Waals surface area contributed by atoms with Gasteiger partial charge in [0, 0.05) is 10.5 Å². The van der Waals surface area contributed by atoms with Crippen LogP contribution in [0.5, 0.6) is 5.75 Å². The summed E-state index contributed by atoms with van der Waals surface area (Å²) in [6.07, 6.45) is 1.39. The Labute approximate surface area is 104 Å². The molecule has 0 aliphatic carbocycles. The van der Waals surface area contributed by atoms with Gasteiger partial charge in [0.05, 0.1) is 17.6 Å². The van der Waals surface area contributed by atoms with Crippen LogP contribution in [-0.4, -0.2) is 27.2 Å². The zero-order valence-electron chi connectivity index (χ0n) is 8.68. The normalized spacial score (nSPS) is 10.2. The third-order valence-electron chi connectivity index (χ3n) is 2.09. The lowest BCUT2D eigenvalue weighted by atomic mass is 10.1. The van der Waals surface area contributed by atoms with Gasteiger partial charge in [-0.3, -0.25) is 15.2 Å². The minimum absolute atomic E-state index is 0.137. The summed E-state index contributed by atoms with van der Waals surface area (Å²) in [5.41, 5.74) is 0.316. The Bertz CT molecular complexity index is 556. The number of nitrogens with one attached hydrogen (secondary N) is 1. The van der Waals surface area contributed by atoms with Gasteiger partial charge in [-0.05, 0) is 6.07 Å². The summed E-state index contributed by atoms with van der Waals surface area (Å²) in [5, 5.41) is 17.3. The molecule has 2 aromatic rings. The standard InChI is InChI=1S/C9H7BrN4O3/c1-17-8-6(9-11-4-12-13-9)2-5(10)3-7(8)14(15)16/h2-4H,1H3,(H,11,12,13). The fourth-order valence-electron chi connectivity index (χ4n) is 1.43. The molecule has 1 heterocycles. The van der Waals surface area contributed by atoms with E-state index in [1.54, 1.807) is 6.07 Å². The number of hydrogen-bond donors (Lipinski definition) is 1. The van der Waals surface area contributed by atoms with E-state index in [0.717, 1.165) is 0 Å². The van der Waals surface area contributed by atoms with Crippen LogP contribution in [0.4, 0.5) is 5.69 Å². The van der Waals surface area contributed by atoms with Gasteiger partial charge >= 0.3 is 5.69 Å². The van der Waals surface area contributed by atoms with Crippen LogP contribution in [0.1, 0.15) is 0 Å². The van der Waals surface area contributed by atoms with E-state index >= 15 is 0 Å². The fraction of sp³-hybridized carbons (Fsp3) is 0.111. The van der Waals surface area contributed by atoms with Gasteiger partial charge in [-0.1, -0.05) is 15.9 Å². The highest BCUT2D eigenvalue weighted by molar-refractivity contribution is 9.10. The zero-order chi connectivity index (χ0) is 12.4. The second kappa shape index (κ2) is 4.50. The average molecular weight is 299 g/mol. The number of benzene rings is 1. The SMILES string of the molecule is COc1c(-c2nc[nH]n2)cc(Br)cc1[N+](=O)[O-]. The largest absolute Gasteiger partial charge is 0.490 e. The van der Waals surface area contributed by atoms with Crippen molar-refractivity contribution >= 4 is 21.6 Å². The first-order valence-corrected chi connectivity index (χ1v) is 5.31. The molecule has 0 aliphatic heterocycles. The highest BCUT2D eigenvalue weighted by Crippen LogP contribution is 2.38. The van der Waals surface area contributed by atoms with Crippen LogP contribution in [0.2, 0.25) is 0 Å². The van der Waals surface area contributed by atoms with Crippen molar-refractivity contribution in [3.05, 3.63) is 33.0 Å². The summed E-state index contributed by atoms with van der Waals surface area (Å²) in [6.45, 7) is 0. The van der Waals surface area contributed by atoms with Crippen LogP contribution in [-0.2, 0) is 0 Å². The molecule has 17 heavy (non-hydrogen) atoms. The Hall–Kier alpha value is -1.96. The first kappa shape index (κ1) is 11.5. The number of aromatic nitrogens is 3. The van der Waals surface area contributed by atoms with Crippen LogP contribution < -0.4 is 4.74 Å². The minimum Gasteiger partial charge on any atom is -0.490 e. The molecule has 1 N–H and O–H groups in total. The summed E-state index contributed by atoms with van der Waals surface area (Å²) < 4.78 is 5.62. The summed E-state index contributed by atoms with van der Waals surface area (Å²) in [5.74, 6) is 0.476. The number of nitro groups is 1. The van der Waals surface area contributed by atoms with E-state index in [2.05, 4.69) is 31.1 Å². The Balaban J connectivity index is 2.70. The lowest BCUT2D eigenvalue weighted by Crippen LogP contribution is -1.97. The fourth-order valence-corrected chi connectivity index (χ4v) is 1.88. The second-order valence-corrected chi connectivity index (χ2v) is 4.00. The zero-order valence-corrected chi connectivity index (χ0v) is 10.3. The van der Waals surface area contributed by atoms with Crippen molar-refractivity contribution < 1.29 is 9.66 Å². The molecular formula is C9H7BrN4O3. The van der Waals surface area contributed by atoms with Crippen molar-refractivity contribution in [3.8, 4) is 17.1 Å². The highest BCUT2D eigenvalue weighted by atomic mass is 79.9. The van der Waals surface area contributed by atoms with Crippen LogP contribution in [0.15, 0.2) is 22.9 Å². The van der Waals surface area contributed by atoms with Crippen molar-refractivity contribution in [2.24, 2.45) is 0 Å². The highest BCUT2D eigenvalue weighted by Gasteiger charge is 2.22. The van der Waals surface area contributed by atoms with E-state index in [1.807, 2.05) is 0 Å². The number of nitro benzene ring substituents is 1. The smallest absolute Gasteiger partial charge is 0.312 e. The summed E-state index contributed by atoms with van der Waals surface area (Å²) >= 11 is 3.20. The van der Waals surface area contributed by atoms with Crippen molar-refractivity contribution in [1.29, 1.82) is 0 Å². The Kier molecular flexibility index (Phi) is 3.05. The summed E-state index contributed by atoms with van der Waals surface area (Å²) in [7, 11) is 1.37. The minimum atomic E-state index is -0.514. The molecule has 0 aliphatic rings. The van der Waals surface area contributed by atoms with Gasteiger partial charge in [-0.15, -0.1) is 0 Å². The van der Waals surface area contributed by atoms with Crippen molar-refractivity contribution in [2.75, 3.05) is 7.11 Å². The number of methoxy groups -OCH3 is 1. The summed E-state index contributed by atoms with van der Waals surface area (Å²) in [6, 6.07) is 3.03. The monoisotopic (exact) mass is 298 g/mol. The number of hydrogen-bond acceptors (Lipinski definition) is 5. The molecule has 1 aromatic carbocycles. The van der Waals surface area contributed by atoms with Gasteiger partial charge in [-0.2, -0.15) is 5.10 Å². The van der Waals surface area contributed by atoms with Gasteiger partial charge in [0.2, 0.25) is 5.75 Å². The molecular weight excluding hydrogens is 292 g/mol.